The Bertz CT molecular complexity index is 447. The molecule has 0 saturated heterocycles. The SMILES string of the molecule is COc1ccc(/C=C/C=C/C(=O)O)c(OC)c1. The van der Waals surface area contributed by atoms with Crippen LogP contribution >= 0.6 is 0 Å². The van der Waals surface area contributed by atoms with Crippen LogP contribution in [0, 0.1) is 0 Å². The Morgan fingerprint density at radius 1 is 1.24 bits per heavy atom. The molecule has 1 N–H and O–H groups in total. The van der Waals surface area contributed by atoms with Gasteiger partial charge in [0.25, 0.3) is 0 Å². The maximum atomic E-state index is 10.3. The molecule has 0 saturated carbocycles. The Labute approximate surface area is 99.8 Å². The number of allylic oxidation sites excluding steroid dienone is 2. The molecule has 4 nitrogen and oxygen atoms in total. The van der Waals surface area contributed by atoms with Crippen molar-refractivity contribution < 1.29 is 19.4 Å². The number of ether oxygens (including phenoxy) is 2. The number of rotatable bonds is 5. The molecule has 17 heavy (non-hydrogen) atoms. The van der Waals surface area contributed by atoms with Crippen molar-refractivity contribution in [3.63, 3.8) is 0 Å². The van der Waals surface area contributed by atoms with Gasteiger partial charge in [-0.15, -0.1) is 0 Å². The first-order chi connectivity index (χ1) is 8.17. The predicted molar refractivity (Wildman–Crippen MR) is 65.4 cm³/mol. The minimum absolute atomic E-state index is 0.671. The highest BCUT2D eigenvalue weighted by atomic mass is 16.5. The van der Waals surface area contributed by atoms with Gasteiger partial charge in [0.2, 0.25) is 0 Å². The summed E-state index contributed by atoms with van der Waals surface area (Å²) in [6, 6.07) is 5.41. The zero-order valence-corrected chi connectivity index (χ0v) is 9.71. The van der Waals surface area contributed by atoms with E-state index < -0.39 is 5.97 Å². The summed E-state index contributed by atoms with van der Waals surface area (Å²) >= 11 is 0. The normalized spacial score (nSPS) is 10.9. The summed E-state index contributed by atoms with van der Waals surface area (Å²) in [6.45, 7) is 0. The van der Waals surface area contributed by atoms with E-state index in [1.54, 1.807) is 32.4 Å². The number of hydrogen-bond donors (Lipinski definition) is 1. The molecular weight excluding hydrogens is 220 g/mol. The molecule has 1 aromatic rings. The van der Waals surface area contributed by atoms with E-state index in [9.17, 15) is 4.79 Å². The second kappa shape index (κ2) is 6.37. The molecule has 0 amide bonds. The molecule has 0 heterocycles. The Morgan fingerprint density at radius 2 is 2.00 bits per heavy atom. The number of hydrogen-bond acceptors (Lipinski definition) is 3. The average molecular weight is 234 g/mol. The van der Waals surface area contributed by atoms with Crippen LogP contribution in [0.2, 0.25) is 0 Å². The molecule has 0 bridgehead atoms. The summed E-state index contributed by atoms with van der Waals surface area (Å²) in [5, 5.41) is 8.42. The molecule has 0 aliphatic rings. The summed E-state index contributed by atoms with van der Waals surface area (Å²) in [5.41, 5.74) is 0.850. The molecule has 0 spiro atoms. The molecule has 0 aliphatic carbocycles. The third-order valence-corrected chi connectivity index (χ3v) is 2.07. The van der Waals surface area contributed by atoms with Crippen LogP contribution in [-0.2, 0) is 4.79 Å². The second-order valence-electron chi connectivity index (χ2n) is 3.16. The van der Waals surface area contributed by atoms with E-state index in [2.05, 4.69) is 0 Å². The van der Waals surface area contributed by atoms with Gasteiger partial charge in [-0.1, -0.05) is 18.2 Å². The van der Waals surface area contributed by atoms with Crippen LogP contribution < -0.4 is 9.47 Å². The number of methoxy groups -OCH3 is 2. The van der Waals surface area contributed by atoms with E-state index in [4.69, 9.17) is 14.6 Å². The van der Waals surface area contributed by atoms with Gasteiger partial charge in [0.05, 0.1) is 14.2 Å². The van der Waals surface area contributed by atoms with Crippen LogP contribution in [0.4, 0.5) is 0 Å². The number of aliphatic carboxylic acids is 1. The van der Waals surface area contributed by atoms with E-state index in [0.717, 1.165) is 11.6 Å². The monoisotopic (exact) mass is 234 g/mol. The lowest BCUT2D eigenvalue weighted by atomic mass is 10.1. The Morgan fingerprint density at radius 3 is 2.59 bits per heavy atom. The fourth-order valence-electron chi connectivity index (χ4n) is 1.25. The van der Waals surface area contributed by atoms with Gasteiger partial charge >= 0.3 is 5.97 Å². The van der Waals surface area contributed by atoms with E-state index >= 15 is 0 Å². The summed E-state index contributed by atoms with van der Waals surface area (Å²) in [5.74, 6) is 0.403. The van der Waals surface area contributed by atoms with Crippen molar-refractivity contribution in [3.05, 3.63) is 42.0 Å². The van der Waals surface area contributed by atoms with Gasteiger partial charge in [0.15, 0.2) is 0 Å². The van der Waals surface area contributed by atoms with Crippen LogP contribution in [0.3, 0.4) is 0 Å². The molecule has 4 heteroatoms. The highest BCUT2D eigenvalue weighted by Gasteiger charge is 2.00. The lowest BCUT2D eigenvalue weighted by molar-refractivity contribution is -0.131. The molecule has 0 unspecified atom stereocenters. The molecule has 0 aliphatic heterocycles. The second-order valence-corrected chi connectivity index (χ2v) is 3.16. The fraction of sp³-hybridized carbons (Fsp3) is 0.154. The smallest absolute Gasteiger partial charge is 0.328 e. The maximum Gasteiger partial charge on any atom is 0.328 e. The molecule has 0 radical (unpaired) electrons. The van der Waals surface area contributed by atoms with Crippen molar-refractivity contribution in [3.8, 4) is 11.5 Å². The van der Waals surface area contributed by atoms with Gasteiger partial charge < -0.3 is 14.6 Å². The zero-order chi connectivity index (χ0) is 12.7. The van der Waals surface area contributed by atoms with Gasteiger partial charge in [0, 0.05) is 17.7 Å². The van der Waals surface area contributed by atoms with Gasteiger partial charge in [-0.2, -0.15) is 0 Å². The third-order valence-electron chi connectivity index (χ3n) is 2.07. The van der Waals surface area contributed by atoms with Gasteiger partial charge in [-0.25, -0.2) is 4.79 Å². The predicted octanol–water partition coefficient (Wildman–Crippen LogP) is 2.36. The number of carboxylic acid groups (broad SMARTS) is 1. The van der Waals surface area contributed by atoms with Gasteiger partial charge in [-0.3, -0.25) is 0 Å². The van der Waals surface area contributed by atoms with E-state index in [1.165, 1.54) is 6.08 Å². The van der Waals surface area contributed by atoms with Crippen molar-refractivity contribution in [1.82, 2.24) is 0 Å². The molecule has 90 valence electrons. The minimum Gasteiger partial charge on any atom is -0.497 e. The molecule has 1 rings (SSSR count). The molecular formula is C13H14O4. The highest BCUT2D eigenvalue weighted by molar-refractivity contribution is 5.80. The third kappa shape index (κ3) is 4.03. The quantitative estimate of drug-likeness (QED) is 0.627. The first kappa shape index (κ1) is 12.8. The topological polar surface area (TPSA) is 55.8 Å². The van der Waals surface area contributed by atoms with Crippen molar-refractivity contribution in [2.45, 2.75) is 0 Å². The highest BCUT2D eigenvalue weighted by Crippen LogP contribution is 2.25. The number of carbonyl (C=O) groups is 1. The summed E-state index contributed by atoms with van der Waals surface area (Å²) in [7, 11) is 3.15. The first-order valence-electron chi connectivity index (χ1n) is 4.97. The van der Waals surface area contributed by atoms with Gasteiger partial charge in [-0.05, 0) is 12.1 Å². The van der Waals surface area contributed by atoms with E-state index in [0.29, 0.717) is 11.5 Å². The summed E-state index contributed by atoms with van der Waals surface area (Å²) in [6.07, 6.45) is 5.91. The lowest BCUT2D eigenvalue weighted by Crippen LogP contribution is -1.89. The molecule has 1 aromatic carbocycles. The summed E-state index contributed by atoms with van der Waals surface area (Å²) in [4.78, 5) is 10.3. The fourth-order valence-corrected chi connectivity index (χ4v) is 1.25. The minimum atomic E-state index is -0.976. The van der Waals surface area contributed by atoms with Crippen LogP contribution in [0.25, 0.3) is 6.08 Å². The standard InChI is InChI=1S/C13H14O4/c1-16-11-8-7-10(12(9-11)17-2)5-3-4-6-13(14)15/h3-9H,1-2H3,(H,14,15)/b5-3+,6-4+. The largest absolute Gasteiger partial charge is 0.497 e. The zero-order valence-electron chi connectivity index (χ0n) is 9.71. The van der Waals surface area contributed by atoms with Crippen LogP contribution in [0.5, 0.6) is 11.5 Å². The number of benzene rings is 1. The van der Waals surface area contributed by atoms with E-state index in [1.807, 2.05) is 12.1 Å². The first-order valence-corrected chi connectivity index (χ1v) is 4.97. The Hall–Kier alpha value is -2.23. The van der Waals surface area contributed by atoms with Crippen molar-refractivity contribution in [1.29, 1.82) is 0 Å². The average Bonchev–Trinajstić information content (AvgIpc) is 2.34. The van der Waals surface area contributed by atoms with Crippen molar-refractivity contribution in [2.24, 2.45) is 0 Å². The van der Waals surface area contributed by atoms with Crippen LogP contribution in [-0.4, -0.2) is 25.3 Å². The Balaban J connectivity index is 2.87. The van der Waals surface area contributed by atoms with Crippen molar-refractivity contribution >= 4 is 12.0 Å². The molecule has 0 fully saturated rings. The van der Waals surface area contributed by atoms with Crippen molar-refractivity contribution in [2.75, 3.05) is 14.2 Å². The lowest BCUT2D eigenvalue weighted by Gasteiger charge is -2.06. The number of carboxylic acids is 1. The molecule has 0 atom stereocenters. The van der Waals surface area contributed by atoms with Crippen LogP contribution in [0.15, 0.2) is 36.4 Å². The summed E-state index contributed by atoms with van der Waals surface area (Å²) < 4.78 is 10.3. The molecule has 0 aromatic heterocycles. The van der Waals surface area contributed by atoms with Gasteiger partial charge in [0.1, 0.15) is 11.5 Å². The van der Waals surface area contributed by atoms with Crippen LogP contribution in [0.1, 0.15) is 5.56 Å². The van der Waals surface area contributed by atoms with E-state index in [-0.39, 0.29) is 0 Å². The maximum absolute atomic E-state index is 10.3. The Kier molecular flexibility index (Phi) is 4.81.